The van der Waals surface area contributed by atoms with Crippen LogP contribution >= 0.6 is 0 Å². The maximum Gasteiger partial charge on any atom is 0.326 e. The lowest BCUT2D eigenvalue weighted by Crippen LogP contribution is -2.55. The van der Waals surface area contributed by atoms with E-state index in [1.807, 2.05) is 6.92 Å². The number of amides is 2. The molecule has 5 nitrogen and oxygen atoms in total. The van der Waals surface area contributed by atoms with Gasteiger partial charge in [-0.05, 0) is 31.6 Å². The number of rotatable bonds is 2. The molecule has 2 unspecified atom stereocenters. The van der Waals surface area contributed by atoms with Gasteiger partial charge in [-0.15, -0.1) is 0 Å². The van der Waals surface area contributed by atoms with Crippen molar-refractivity contribution in [2.75, 3.05) is 13.6 Å². The Kier molecular flexibility index (Phi) is 4.82. The van der Waals surface area contributed by atoms with E-state index in [0.29, 0.717) is 13.0 Å². The summed E-state index contributed by atoms with van der Waals surface area (Å²) in [6.45, 7) is 8.76. The van der Waals surface area contributed by atoms with E-state index >= 15 is 0 Å². The molecule has 1 fully saturated rings. The molecule has 0 saturated carbocycles. The zero-order chi connectivity index (χ0) is 14.8. The van der Waals surface area contributed by atoms with Crippen LogP contribution in [-0.2, 0) is 4.79 Å². The molecule has 0 aromatic rings. The summed E-state index contributed by atoms with van der Waals surface area (Å²) in [4.78, 5) is 26.9. The highest BCUT2D eigenvalue weighted by Gasteiger charge is 2.36. The second-order valence-electron chi connectivity index (χ2n) is 6.48. The Hall–Kier alpha value is -1.26. The summed E-state index contributed by atoms with van der Waals surface area (Å²) < 4.78 is 0. The van der Waals surface area contributed by atoms with Gasteiger partial charge in [0.1, 0.15) is 6.04 Å². The second kappa shape index (κ2) is 5.80. The van der Waals surface area contributed by atoms with Crippen molar-refractivity contribution < 1.29 is 14.7 Å². The van der Waals surface area contributed by atoms with Gasteiger partial charge in [-0.25, -0.2) is 9.59 Å². The van der Waals surface area contributed by atoms with E-state index in [2.05, 4.69) is 20.8 Å². The number of nitrogens with zero attached hydrogens (tertiary/aromatic N) is 2. The molecule has 1 aliphatic heterocycles. The van der Waals surface area contributed by atoms with Crippen LogP contribution in [0.25, 0.3) is 0 Å². The van der Waals surface area contributed by atoms with Crippen LogP contribution in [0.4, 0.5) is 4.79 Å². The van der Waals surface area contributed by atoms with Crippen LogP contribution < -0.4 is 0 Å². The molecule has 1 rings (SSSR count). The average Bonchev–Trinajstić information content (AvgIpc) is 2.34. The van der Waals surface area contributed by atoms with Crippen molar-refractivity contribution in [3.05, 3.63) is 0 Å². The van der Waals surface area contributed by atoms with Gasteiger partial charge in [-0.1, -0.05) is 20.8 Å². The first-order chi connectivity index (χ1) is 8.66. The topological polar surface area (TPSA) is 60.9 Å². The Morgan fingerprint density at radius 3 is 2.37 bits per heavy atom. The third kappa shape index (κ3) is 3.61. The number of hydrogen-bond acceptors (Lipinski definition) is 2. The van der Waals surface area contributed by atoms with Gasteiger partial charge in [0.15, 0.2) is 0 Å². The van der Waals surface area contributed by atoms with Crippen LogP contribution in [0.3, 0.4) is 0 Å². The van der Waals surface area contributed by atoms with E-state index in [-0.39, 0.29) is 17.5 Å². The van der Waals surface area contributed by atoms with E-state index in [1.165, 1.54) is 4.90 Å². The molecule has 0 aromatic heterocycles. The van der Waals surface area contributed by atoms with Gasteiger partial charge in [0.05, 0.1) is 0 Å². The fourth-order valence-corrected chi connectivity index (χ4v) is 2.37. The summed E-state index contributed by atoms with van der Waals surface area (Å²) in [5, 5.41) is 9.23. The van der Waals surface area contributed by atoms with E-state index in [9.17, 15) is 14.7 Å². The van der Waals surface area contributed by atoms with E-state index in [4.69, 9.17) is 0 Å². The van der Waals surface area contributed by atoms with Crippen molar-refractivity contribution in [3.63, 3.8) is 0 Å². The highest BCUT2D eigenvalue weighted by atomic mass is 16.4. The molecule has 1 N–H and O–H groups in total. The van der Waals surface area contributed by atoms with Gasteiger partial charge in [0.2, 0.25) is 0 Å². The van der Waals surface area contributed by atoms with Crippen molar-refractivity contribution in [1.29, 1.82) is 0 Å². The minimum absolute atomic E-state index is 0.0289. The van der Waals surface area contributed by atoms with Gasteiger partial charge in [-0.3, -0.25) is 0 Å². The molecule has 1 heterocycles. The van der Waals surface area contributed by atoms with Gasteiger partial charge in [0.25, 0.3) is 0 Å². The van der Waals surface area contributed by atoms with Crippen molar-refractivity contribution in [3.8, 4) is 0 Å². The maximum absolute atomic E-state index is 12.5. The number of carboxylic acids is 1. The number of hydrogen-bond donors (Lipinski definition) is 1. The minimum atomic E-state index is -0.898. The van der Waals surface area contributed by atoms with Crippen LogP contribution in [0, 0.1) is 5.41 Å². The first-order valence-corrected chi connectivity index (χ1v) is 6.92. The zero-order valence-corrected chi connectivity index (χ0v) is 12.6. The standard InChI is InChI=1S/C14H26N2O3/c1-10(14(2,3)4)15(5)13(19)16-9-7-6-8-11(16)12(17)18/h10-11H,6-9H2,1-5H3,(H,17,18). The van der Waals surface area contributed by atoms with Crippen molar-refractivity contribution in [1.82, 2.24) is 9.80 Å². The highest BCUT2D eigenvalue weighted by molar-refractivity contribution is 5.83. The lowest BCUT2D eigenvalue weighted by Gasteiger charge is -2.41. The first-order valence-electron chi connectivity index (χ1n) is 6.92. The number of carbonyl (C=O) groups excluding carboxylic acids is 1. The summed E-state index contributed by atoms with van der Waals surface area (Å²) in [6.07, 6.45) is 2.31. The SMILES string of the molecule is CC(N(C)C(=O)N1CCCCC1C(=O)O)C(C)(C)C. The summed E-state index contributed by atoms with van der Waals surface area (Å²) in [6, 6.07) is -0.790. The lowest BCUT2D eigenvalue weighted by atomic mass is 9.87. The van der Waals surface area contributed by atoms with Crippen molar-refractivity contribution >= 4 is 12.0 Å². The predicted molar refractivity (Wildman–Crippen MR) is 74.1 cm³/mol. The number of urea groups is 1. The molecule has 0 radical (unpaired) electrons. The molecule has 0 spiro atoms. The zero-order valence-electron chi connectivity index (χ0n) is 12.6. The van der Waals surface area contributed by atoms with Crippen molar-refractivity contribution in [2.24, 2.45) is 5.41 Å². The first kappa shape index (κ1) is 15.8. The lowest BCUT2D eigenvalue weighted by molar-refractivity contribution is -0.143. The third-order valence-corrected chi connectivity index (χ3v) is 4.17. The monoisotopic (exact) mass is 270 g/mol. The van der Waals surface area contributed by atoms with E-state index in [0.717, 1.165) is 12.8 Å². The molecule has 0 aliphatic carbocycles. The van der Waals surface area contributed by atoms with Crippen LogP contribution in [0.5, 0.6) is 0 Å². The number of carbonyl (C=O) groups is 2. The Balaban J connectivity index is 2.82. The molecular weight excluding hydrogens is 244 g/mol. The van der Waals surface area contributed by atoms with E-state index in [1.54, 1.807) is 11.9 Å². The molecule has 2 atom stereocenters. The fraction of sp³-hybridized carbons (Fsp3) is 0.857. The Bertz CT molecular complexity index is 349. The summed E-state index contributed by atoms with van der Waals surface area (Å²) in [5.41, 5.74) is -0.0289. The van der Waals surface area contributed by atoms with Gasteiger partial charge in [-0.2, -0.15) is 0 Å². The molecule has 110 valence electrons. The second-order valence-corrected chi connectivity index (χ2v) is 6.48. The van der Waals surface area contributed by atoms with Crippen LogP contribution in [0.2, 0.25) is 0 Å². The molecule has 2 amide bonds. The van der Waals surface area contributed by atoms with Crippen molar-refractivity contribution in [2.45, 2.75) is 59.0 Å². The molecule has 0 bridgehead atoms. The predicted octanol–water partition coefficient (Wildman–Crippen LogP) is 2.41. The third-order valence-electron chi connectivity index (χ3n) is 4.17. The van der Waals surface area contributed by atoms with Gasteiger partial charge in [0, 0.05) is 19.6 Å². The molecule has 0 aromatic carbocycles. The van der Waals surface area contributed by atoms with Gasteiger partial charge < -0.3 is 14.9 Å². The normalized spacial score (nSPS) is 21.9. The Morgan fingerprint density at radius 2 is 1.89 bits per heavy atom. The molecule has 1 aliphatic rings. The summed E-state index contributed by atoms with van der Waals surface area (Å²) in [7, 11) is 1.76. The summed E-state index contributed by atoms with van der Waals surface area (Å²) >= 11 is 0. The number of aliphatic carboxylic acids is 1. The summed E-state index contributed by atoms with van der Waals surface area (Å²) in [5.74, 6) is -0.898. The number of piperidine rings is 1. The smallest absolute Gasteiger partial charge is 0.326 e. The highest BCUT2D eigenvalue weighted by Crippen LogP contribution is 2.26. The number of carboxylic acid groups (broad SMARTS) is 1. The average molecular weight is 270 g/mol. The molecular formula is C14H26N2O3. The minimum Gasteiger partial charge on any atom is -0.480 e. The number of likely N-dealkylation sites (tertiary alicyclic amines) is 1. The molecule has 19 heavy (non-hydrogen) atoms. The van der Waals surface area contributed by atoms with Crippen LogP contribution in [0.15, 0.2) is 0 Å². The molecule has 5 heteroatoms. The largest absolute Gasteiger partial charge is 0.480 e. The Morgan fingerprint density at radius 1 is 1.32 bits per heavy atom. The van der Waals surface area contributed by atoms with Gasteiger partial charge >= 0.3 is 12.0 Å². The Labute approximate surface area is 115 Å². The molecule has 1 saturated heterocycles. The quantitative estimate of drug-likeness (QED) is 0.838. The fourth-order valence-electron chi connectivity index (χ4n) is 2.37. The van der Waals surface area contributed by atoms with Crippen LogP contribution in [-0.4, -0.2) is 52.6 Å². The van der Waals surface area contributed by atoms with Crippen LogP contribution in [0.1, 0.15) is 47.0 Å². The van der Waals surface area contributed by atoms with E-state index < -0.39 is 12.0 Å². The maximum atomic E-state index is 12.5.